The number of ether oxygens (including phenoxy) is 2. The molecule has 3 N–H and O–H groups in total. The summed E-state index contributed by atoms with van der Waals surface area (Å²) in [5.74, 6) is 2.10. The zero-order valence-electron chi connectivity index (χ0n) is 18.5. The molecule has 3 aromatic rings. The van der Waals surface area contributed by atoms with E-state index in [0.29, 0.717) is 16.2 Å². The van der Waals surface area contributed by atoms with E-state index in [2.05, 4.69) is 33.5 Å². The van der Waals surface area contributed by atoms with E-state index >= 15 is 0 Å². The minimum Gasteiger partial charge on any atom is -0.497 e. The molecule has 2 heterocycles. The minimum absolute atomic E-state index is 0.167. The van der Waals surface area contributed by atoms with E-state index in [1.54, 1.807) is 14.2 Å². The quantitative estimate of drug-likeness (QED) is 0.447. The number of anilines is 1. The van der Waals surface area contributed by atoms with E-state index in [1.807, 2.05) is 36.4 Å². The number of H-pyrrole nitrogens is 2. The maximum Gasteiger partial charge on any atom is 0.257 e. The third kappa shape index (κ3) is 4.00. The number of benzene rings is 2. The van der Waals surface area contributed by atoms with Gasteiger partial charge in [0.25, 0.3) is 5.56 Å². The molecule has 1 aromatic heterocycles. The van der Waals surface area contributed by atoms with Gasteiger partial charge < -0.3 is 19.8 Å². The Morgan fingerprint density at radius 1 is 0.939 bits per heavy atom. The average molecular weight is 460 g/mol. The Bertz CT molecular complexity index is 1370. The number of aromatic nitrogens is 2. The highest BCUT2D eigenvalue weighted by Gasteiger charge is 2.34. The van der Waals surface area contributed by atoms with Crippen LogP contribution in [0.3, 0.4) is 0 Å². The fourth-order valence-corrected chi connectivity index (χ4v) is 4.95. The normalized spacial score (nSPS) is 18.4. The number of rotatable bonds is 4. The lowest BCUT2D eigenvalue weighted by Gasteiger charge is -2.35. The van der Waals surface area contributed by atoms with Crippen LogP contribution in [0.1, 0.15) is 41.9 Å². The van der Waals surface area contributed by atoms with Gasteiger partial charge in [-0.1, -0.05) is 24.3 Å². The molecule has 7 heteroatoms. The molecule has 5 rings (SSSR count). The van der Waals surface area contributed by atoms with Gasteiger partial charge in [-0.15, -0.1) is 0 Å². The zero-order chi connectivity index (χ0) is 22.9. The molecule has 0 spiro atoms. The highest BCUT2D eigenvalue weighted by Crippen LogP contribution is 2.46. The standard InChI is InChI=1S/C26H25N3O3S/c1-31-18-10-6-15(7-11-18)14-17-4-3-5-20-21(16-8-12-19(32-2)13-9-16)22-24(27-23(17)20)28-26(33)29-25(22)30/h6-14,21H,3-5H2,1-2H3,(H3,27,28,29,30,33)/b17-14+. The third-order valence-corrected chi connectivity index (χ3v) is 6.51. The van der Waals surface area contributed by atoms with Crippen molar-refractivity contribution in [2.45, 2.75) is 25.2 Å². The molecule has 33 heavy (non-hydrogen) atoms. The lowest BCUT2D eigenvalue weighted by molar-refractivity contribution is 0.414. The number of aromatic amines is 2. The summed E-state index contributed by atoms with van der Waals surface area (Å²) in [5.41, 5.74) is 6.15. The van der Waals surface area contributed by atoms with Crippen LogP contribution in [0.15, 0.2) is 70.2 Å². The molecule has 2 aliphatic rings. The first-order chi connectivity index (χ1) is 16.1. The van der Waals surface area contributed by atoms with Crippen molar-refractivity contribution in [3.05, 3.63) is 97.2 Å². The maximum absolute atomic E-state index is 13.0. The van der Waals surface area contributed by atoms with E-state index < -0.39 is 0 Å². The SMILES string of the molecule is COc1ccc(/C=C2\CCCC3=C2Nc2[nH]c(=S)[nH]c(=O)c2C3c2ccc(OC)cc2)cc1. The summed E-state index contributed by atoms with van der Waals surface area (Å²) in [5, 5.41) is 3.52. The van der Waals surface area contributed by atoms with Crippen LogP contribution in [0.2, 0.25) is 0 Å². The summed E-state index contributed by atoms with van der Waals surface area (Å²) >= 11 is 5.27. The van der Waals surface area contributed by atoms with E-state index in [4.69, 9.17) is 21.7 Å². The van der Waals surface area contributed by atoms with Crippen LogP contribution in [0.25, 0.3) is 6.08 Å². The van der Waals surface area contributed by atoms with Crippen LogP contribution in [0.4, 0.5) is 5.82 Å². The molecule has 0 fully saturated rings. The monoisotopic (exact) mass is 459 g/mol. The first kappa shape index (κ1) is 21.3. The minimum atomic E-state index is -0.169. The second-order valence-electron chi connectivity index (χ2n) is 8.22. The summed E-state index contributed by atoms with van der Waals surface area (Å²) in [6, 6.07) is 16.0. The average Bonchev–Trinajstić information content (AvgIpc) is 2.83. The summed E-state index contributed by atoms with van der Waals surface area (Å²) in [6.45, 7) is 0. The Hall–Kier alpha value is -3.58. The molecule has 0 amide bonds. The van der Waals surface area contributed by atoms with Gasteiger partial charge in [-0.05, 0) is 84.1 Å². The van der Waals surface area contributed by atoms with Gasteiger partial charge >= 0.3 is 0 Å². The van der Waals surface area contributed by atoms with Crippen LogP contribution in [-0.4, -0.2) is 24.2 Å². The van der Waals surface area contributed by atoms with E-state index in [9.17, 15) is 4.79 Å². The smallest absolute Gasteiger partial charge is 0.257 e. The first-order valence-electron chi connectivity index (χ1n) is 10.9. The lowest BCUT2D eigenvalue weighted by atomic mass is 9.75. The predicted octanol–water partition coefficient (Wildman–Crippen LogP) is 5.53. The van der Waals surface area contributed by atoms with Crippen molar-refractivity contribution in [1.29, 1.82) is 0 Å². The number of allylic oxidation sites excluding steroid dienone is 2. The Balaban J connectivity index is 1.67. The number of hydrogen-bond acceptors (Lipinski definition) is 5. The Morgan fingerprint density at radius 3 is 2.27 bits per heavy atom. The fourth-order valence-electron chi connectivity index (χ4n) is 4.75. The zero-order valence-corrected chi connectivity index (χ0v) is 19.3. The Labute approximate surface area is 197 Å². The van der Waals surface area contributed by atoms with Crippen LogP contribution >= 0.6 is 12.2 Å². The second kappa shape index (κ2) is 8.75. The molecule has 0 saturated carbocycles. The number of methoxy groups -OCH3 is 2. The molecular weight excluding hydrogens is 434 g/mol. The number of fused-ring (bicyclic) bond motifs is 1. The number of nitrogens with one attached hydrogen (secondary N) is 3. The maximum atomic E-state index is 13.0. The summed E-state index contributed by atoms with van der Waals surface area (Å²) in [7, 11) is 3.32. The van der Waals surface area contributed by atoms with Crippen LogP contribution < -0.4 is 20.3 Å². The van der Waals surface area contributed by atoms with Crippen LogP contribution in [-0.2, 0) is 0 Å². The molecule has 6 nitrogen and oxygen atoms in total. The van der Waals surface area contributed by atoms with Crippen molar-refractivity contribution >= 4 is 24.1 Å². The van der Waals surface area contributed by atoms with Crippen molar-refractivity contribution in [1.82, 2.24) is 9.97 Å². The molecule has 1 aliphatic carbocycles. The van der Waals surface area contributed by atoms with E-state index in [1.165, 1.54) is 11.1 Å². The molecule has 1 atom stereocenters. The Kier molecular flexibility index (Phi) is 5.64. The molecule has 1 unspecified atom stereocenters. The molecule has 0 bridgehead atoms. The highest BCUT2D eigenvalue weighted by molar-refractivity contribution is 7.71. The van der Waals surface area contributed by atoms with Crippen LogP contribution in [0.5, 0.6) is 11.5 Å². The van der Waals surface area contributed by atoms with Gasteiger partial charge in [0, 0.05) is 11.6 Å². The van der Waals surface area contributed by atoms with Gasteiger partial charge in [0.05, 0.1) is 19.8 Å². The lowest BCUT2D eigenvalue weighted by Crippen LogP contribution is -2.30. The third-order valence-electron chi connectivity index (χ3n) is 6.31. The molecule has 0 radical (unpaired) electrons. The summed E-state index contributed by atoms with van der Waals surface area (Å²) in [6.07, 6.45) is 5.09. The van der Waals surface area contributed by atoms with Gasteiger partial charge in [-0.3, -0.25) is 9.78 Å². The van der Waals surface area contributed by atoms with Crippen molar-refractivity contribution in [2.75, 3.05) is 19.5 Å². The highest BCUT2D eigenvalue weighted by atomic mass is 32.1. The second-order valence-corrected chi connectivity index (χ2v) is 8.63. The Morgan fingerprint density at radius 2 is 1.61 bits per heavy atom. The molecule has 2 aromatic carbocycles. The fraction of sp³-hybridized carbons (Fsp3) is 0.231. The summed E-state index contributed by atoms with van der Waals surface area (Å²) in [4.78, 5) is 19.0. The molecule has 1 aliphatic heterocycles. The van der Waals surface area contributed by atoms with Gasteiger partial charge in [0.15, 0.2) is 4.77 Å². The molecular formula is C26H25N3O3S. The molecule has 168 valence electrons. The van der Waals surface area contributed by atoms with Gasteiger partial charge in [-0.2, -0.15) is 0 Å². The first-order valence-corrected chi connectivity index (χ1v) is 11.3. The van der Waals surface area contributed by atoms with Crippen LogP contribution in [0, 0.1) is 4.77 Å². The molecule has 0 saturated heterocycles. The van der Waals surface area contributed by atoms with Gasteiger partial charge in [-0.25, -0.2) is 0 Å². The predicted molar refractivity (Wildman–Crippen MR) is 133 cm³/mol. The van der Waals surface area contributed by atoms with Gasteiger partial charge in [0.1, 0.15) is 17.3 Å². The topological polar surface area (TPSA) is 79.1 Å². The summed E-state index contributed by atoms with van der Waals surface area (Å²) < 4.78 is 10.9. The van der Waals surface area contributed by atoms with Crippen molar-refractivity contribution in [3.63, 3.8) is 0 Å². The van der Waals surface area contributed by atoms with E-state index in [0.717, 1.165) is 47.6 Å². The van der Waals surface area contributed by atoms with Crippen molar-refractivity contribution < 1.29 is 9.47 Å². The van der Waals surface area contributed by atoms with E-state index in [-0.39, 0.29) is 11.5 Å². The van der Waals surface area contributed by atoms with Crippen molar-refractivity contribution in [2.24, 2.45) is 0 Å². The van der Waals surface area contributed by atoms with Crippen molar-refractivity contribution in [3.8, 4) is 11.5 Å². The number of hydrogen-bond donors (Lipinski definition) is 3. The largest absolute Gasteiger partial charge is 0.497 e. The van der Waals surface area contributed by atoms with Gasteiger partial charge in [0.2, 0.25) is 0 Å².